The fourth-order valence-corrected chi connectivity index (χ4v) is 4.41. The van der Waals surface area contributed by atoms with Crippen LogP contribution in [0, 0.1) is 0 Å². The van der Waals surface area contributed by atoms with E-state index in [9.17, 15) is 13.2 Å². The van der Waals surface area contributed by atoms with E-state index < -0.39 is 15.6 Å². The number of hydrogen-bond donors (Lipinski definition) is 2. The molecule has 30 heavy (non-hydrogen) atoms. The second kappa shape index (κ2) is 8.22. The zero-order valence-corrected chi connectivity index (χ0v) is 17.2. The van der Waals surface area contributed by atoms with E-state index in [-0.39, 0.29) is 15.6 Å². The molecule has 0 radical (unpaired) electrons. The van der Waals surface area contributed by atoms with Crippen LogP contribution in [0.4, 0.5) is 11.4 Å². The molecule has 2 N–H and O–H groups in total. The summed E-state index contributed by atoms with van der Waals surface area (Å²) in [5.74, 6) is 0. The molecule has 4 aromatic rings. The van der Waals surface area contributed by atoms with Gasteiger partial charge in [0.15, 0.2) is 5.69 Å². The number of anilines is 2. The van der Waals surface area contributed by atoms with Gasteiger partial charge >= 0.3 is 5.63 Å². The van der Waals surface area contributed by atoms with Crippen LogP contribution in [0.1, 0.15) is 5.56 Å². The van der Waals surface area contributed by atoms with Gasteiger partial charge in [-0.25, -0.2) is 13.2 Å². The third-order valence-corrected chi connectivity index (χ3v) is 6.05. The lowest BCUT2D eigenvalue weighted by Gasteiger charge is -2.15. The molecule has 6 nitrogen and oxygen atoms in total. The molecule has 0 amide bonds. The van der Waals surface area contributed by atoms with Gasteiger partial charge in [0.2, 0.25) is 0 Å². The van der Waals surface area contributed by atoms with Gasteiger partial charge in [-0.1, -0.05) is 60.1 Å². The Balaban J connectivity index is 1.80. The Kier molecular flexibility index (Phi) is 5.48. The Labute approximate surface area is 178 Å². The summed E-state index contributed by atoms with van der Waals surface area (Å²) in [7, 11) is -4.07. The molecular weight excluding hydrogens is 424 g/mol. The van der Waals surface area contributed by atoms with Crippen molar-refractivity contribution in [3.8, 4) is 0 Å². The van der Waals surface area contributed by atoms with Crippen LogP contribution in [0.2, 0.25) is 5.02 Å². The number of sulfonamides is 1. The van der Waals surface area contributed by atoms with E-state index in [1.54, 1.807) is 30.3 Å². The Morgan fingerprint density at radius 1 is 0.867 bits per heavy atom. The molecule has 3 aromatic carbocycles. The van der Waals surface area contributed by atoms with Crippen LogP contribution in [0.15, 0.2) is 93.0 Å². The number of rotatable bonds is 6. The van der Waals surface area contributed by atoms with Gasteiger partial charge in [-0.2, -0.15) is 0 Å². The molecule has 1 aromatic heterocycles. The Morgan fingerprint density at radius 2 is 1.60 bits per heavy atom. The van der Waals surface area contributed by atoms with E-state index in [0.717, 1.165) is 5.56 Å². The Bertz CT molecular complexity index is 1370. The maximum Gasteiger partial charge on any atom is 0.363 e. The van der Waals surface area contributed by atoms with Gasteiger partial charge < -0.3 is 9.73 Å². The summed E-state index contributed by atoms with van der Waals surface area (Å²) >= 11 is 5.93. The normalized spacial score (nSPS) is 11.4. The third-order valence-electron chi connectivity index (χ3n) is 4.47. The first-order chi connectivity index (χ1) is 14.4. The van der Waals surface area contributed by atoms with E-state index >= 15 is 0 Å². The highest BCUT2D eigenvalue weighted by Gasteiger charge is 2.22. The summed E-state index contributed by atoms with van der Waals surface area (Å²) < 4.78 is 33.5. The van der Waals surface area contributed by atoms with Crippen LogP contribution in [0.5, 0.6) is 0 Å². The average molecular weight is 441 g/mol. The highest BCUT2D eigenvalue weighted by atomic mass is 35.5. The van der Waals surface area contributed by atoms with Crippen molar-refractivity contribution in [2.75, 3.05) is 10.0 Å². The predicted molar refractivity (Wildman–Crippen MR) is 119 cm³/mol. The molecule has 4 rings (SSSR count). The fourth-order valence-electron chi connectivity index (χ4n) is 3.04. The molecule has 0 aliphatic rings. The van der Waals surface area contributed by atoms with Crippen LogP contribution < -0.4 is 15.7 Å². The van der Waals surface area contributed by atoms with Crippen LogP contribution in [0.25, 0.3) is 11.0 Å². The standard InChI is InChI=1S/C22H17ClN2O4S/c23-16-9-6-10-17(13-16)30(27,28)25-21-20(24-14-15-7-2-1-3-8-15)18-11-4-5-12-19(18)29-22(21)26/h1-13,24-25H,14H2. The minimum Gasteiger partial charge on any atom is -0.421 e. The molecule has 0 saturated carbocycles. The molecular formula is C22H17ClN2O4S. The fraction of sp³-hybridized carbons (Fsp3) is 0.0455. The lowest BCUT2D eigenvalue weighted by molar-refractivity contribution is 0.563. The zero-order valence-electron chi connectivity index (χ0n) is 15.6. The molecule has 0 aliphatic heterocycles. The van der Waals surface area contributed by atoms with Crippen molar-refractivity contribution < 1.29 is 12.8 Å². The number of fused-ring (bicyclic) bond motifs is 1. The van der Waals surface area contributed by atoms with Gasteiger partial charge in [0.05, 0.1) is 10.6 Å². The minimum absolute atomic E-state index is 0.0587. The summed E-state index contributed by atoms with van der Waals surface area (Å²) in [6.07, 6.45) is 0. The molecule has 0 atom stereocenters. The molecule has 152 valence electrons. The molecule has 0 aliphatic carbocycles. The van der Waals surface area contributed by atoms with Crippen molar-refractivity contribution in [3.05, 3.63) is 99.9 Å². The van der Waals surface area contributed by atoms with E-state index in [0.29, 0.717) is 23.2 Å². The van der Waals surface area contributed by atoms with Crippen LogP contribution >= 0.6 is 11.6 Å². The largest absolute Gasteiger partial charge is 0.421 e. The van der Waals surface area contributed by atoms with E-state index in [1.807, 2.05) is 30.3 Å². The van der Waals surface area contributed by atoms with Crippen LogP contribution in [-0.4, -0.2) is 8.42 Å². The third kappa shape index (κ3) is 4.17. The van der Waals surface area contributed by atoms with E-state index in [2.05, 4.69) is 10.0 Å². The monoisotopic (exact) mass is 440 g/mol. The maximum atomic E-state index is 12.9. The first kappa shape index (κ1) is 20.0. The van der Waals surface area contributed by atoms with Gasteiger partial charge in [0.1, 0.15) is 5.58 Å². The summed E-state index contributed by atoms with van der Waals surface area (Å²) in [4.78, 5) is 12.6. The summed E-state index contributed by atoms with van der Waals surface area (Å²) in [6.45, 7) is 0.389. The van der Waals surface area contributed by atoms with Crippen LogP contribution in [-0.2, 0) is 16.6 Å². The van der Waals surface area contributed by atoms with Crippen molar-refractivity contribution in [1.29, 1.82) is 0 Å². The van der Waals surface area contributed by atoms with Gasteiger partial charge in [0, 0.05) is 17.0 Å². The summed E-state index contributed by atoms with van der Waals surface area (Å²) in [5, 5.41) is 4.04. The molecule has 0 saturated heterocycles. The SMILES string of the molecule is O=c1oc2ccccc2c(NCc2ccccc2)c1NS(=O)(=O)c1cccc(Cl)c1. The lowest BCUT2D eigenvalue weighted by Crippen LogP contribution is -2.20. The zero-order chi connectivity index (χ0) is 21.1. The van der Waals surface area contributed by atoms with Gasteiger partial charge in [-0.15, -0.1) is 0 Å². The molecule has 0 unspecified atom stereocenters. The lowest BCUT2D eigenvalue weighted by atomic mass is 10.1. The quantitative estimate of drug-likeness (QED) is 0.418. The number of halogens is 1. The molecule has 0 fully saturated rings. The maximum absolute atomic E-state index is 12.9. The summed E-state index contributed by atoms with van der Waals surface area (Å²) in [6, 6.07) is 22.3. The first-order valence-electron chi connectivity index (χ1n) is 9.06. The Hall–Kier alpha value is -3.29. The number of para-hydroxylation sites is 1. The van der Waals surface area contributed by atoms with Crippen LogP contribution in [0.3, 0.4) is 0 Å². The van der Waals surface area contributed by atoms with Crippen molar-refractivity contribution in [2.24, 2.45) is 0 Å². The van der Waals surface area contributed by atoms with Gasteiger partial charge in [-0.05, 0) is 35.9 Å². The minimum atomic E-state index is -4.07. The summed E-state index contributed by atoms with van der Waals surface area (Å²) in [5.41, 5.74) is 0.679. The topological polar surface area (TPSA) is 88.4 Å². The van der Waals surface area contributed by atoms with E-state index in [4.69, 9.17) is 16.0 Å². The van der Waals surface area contributed by atoms with E-state index in [1.165, 1.54) is 18.2 Å². The number of nitrogens with one attached hydrogen (secondary N) is 2. The Morgan fingerprint density at radius 3 is 2.37 bits per heavy atom. The second-order valence-corrected chi connectivity index (χ2v) is 8.66. The second-order valence-electron chi connectivity index (χ2n) is 6.54. The van der Waals surface area contributed by atoms with Gasteiger partial charge in [-0.3, -0.25) is 4.72 Å². The number of benzene rings is 3. The highest BCUT2D eigenvalue weighted by molar-refractivity contribution is 7.92. The van der Waals surface area contributed by atoms with Crippen molar-refractivity contribution in [1.82, 2.24) is 0 Å². The smallest absolute Gasteiger partial charge is 0.363 e. The predicted octanol–water partition coefficient (Wildman–Crippen LogP) is 4.86. The van der Waals surface area contributed by atoms with Crippen molar-refractivity contribution in [2.45, 2.75) is 11.4 Å². The molecule has 8 heteroatoms. The molecule has 0 spiro atoms. The molecule has 1 heterocycles. The highest BCUT2D eigenvalue weighted by Crippen LogP contribution is 2.31. The van der Waals surface area contributed by atoms with Crippen molar-refractivity contribution >= 4 is 44.0 Å². The number of hydrogen-bond acceptors (Lipinski definition) is 5. The average Bonchev–Trinajstić information content (AvgIpc) is 2.74. The van der Waals surface area contributed by atoms with Gasteiger partial charge in [0.25, 0.3) is 10.0 Å². The molecule has 0 bridgehead atoms. The van der Waals surface area contributed by atoms with Crippen molar-refractivity contribution in [3.63, 3.8) is 0 Å². The first-order valence-corrected chi connectivity index (χ1v) is 10.9.